The Labute approximate surface area is 107 Å². The highest BCUT2D eigenvalue weighted by atomic mass is 32.2. The van der Waals surface area contributed by atoms with Crippen LogP contribution in [0.5, 0.6) is 0 Å². The van der Waals surface area contributed by atoms with Crippen molar-refractivity contribution in [3.05, 3.63) is 54.1 Å². The van der Waals surface area contributed by atoms with E-state index in [4.69, 9.17) is 0 Å². The van der Waals surface area contributed by atoms with Crippen molar-refractivity contribution in [3.8, 4) is 0 Å². The molecule has 0 spiro atoms. The zero-order chi connectivity index (χ0) is 12.3. The van der Waals surface area contributed by atoms with Gasteiger partial charge < -0.3 is 0 Å². The summed E-state index contributed by atoms with van der Waals surface area (Å²) in [6, 6.07) is 10.2. The molecule has 0 saturated heterocycles. The van der Waals surface area contributed by atoms with Crippen molar-refractivity contribution in [3.63, 3.8) is 0 Å². The Morgan fingerprint density at radius 1 is 1.24 bits per heavy atom. The molecule has 0 radical (unpaired) electrons. The molecule has 1 aliphatic carbocycles. The summed E-state index contributed by atoms with van der Waals surface area (Å²) in [5.41, 5.74) is 0.489. The van der Waals surface area contributed by atoms with Gasteiger partial charge in [-0.25, -0.2) is 0 Å². The van der Waals surface area contributed by atoms with Crippen LogP contribution in [0, 0.1) is 5.41 Å². The molecule has 1 aromatic carbocycles. The summed E-state index contributed by atoms with van der Waals surface area (Å²) in [7, 11) is 0. The summed E-state index contributed by atoms with van der Waals surface area (Å²) < 4.78 is 0. The molecule has 0 saturated carbocycles. The minimum Gasteiger partial charge on any atom is -0.294 e. The molecule has 0 aromatic heterocycles. The fourth-order valence-electron chi connectivity index (χ4n) is 1.87. The van der Waals surface area contributed by atoms with Crippen LogP contribution in [0.4, 0.5) is 0 Å². The number of benzene rings is 1. The highest BCUT2D eigenvalue weighted by molar-refractivity contribution is 7.99. The number of thioether (sulfide) groups is 1. The van der Waals surface area contributed by atoms with Crippen LogP contribution in [0.25, 0.3) is 0 Å². The van der Waals surface area contributed by atoms with Gasteiger partial charge in [-0.3, -0.25) is 4.79 Å². The van der Waals surface area contributed by atoms with Gasteiger partial charge in [0.1, 0.15) is 0 Å². The normalized spacial score (nSPS) is 23.6. The van der Waals surface area contributed by atoms with Crippen LogP contribution in [0.3, 0.4) is 0 Å². The Morgan fingerprint density at radius 3 is 2.65 bits per heavy atom. The van der Waals surface area contributed by atoms with E-state index in [0.29, 0.717) is 0 Å². The SMILES string of the molecule is CC1=CC=CC(C)(CSc2ccccc2)C1=O. The monoisotopic (exact) mass is 244 g/mol. The lowest BCUT2D eigenvalue weighted by Crippen LogP contribution is -2.30. The van der Waals surface area contributed by atoms with E-state index in [2.05, 4.69) is 12.1 Å². The minimum absolute atomic E-state index is 0.239. The van der Waals surface area contributed by atoms with E-state index in [-0.39, 0.29) is 11.2 Å². The lowest BCUT2D eigenvalue weighted by molar-refractivity contribution is -0.121. The molecule has 2 heteroatoms. The Morgan fingerprint density at radius 2 is 1.94 bits per heavy atom. The maximum Gasteiger partial charge on any atom is 0.169 e. The fraction of sp³-hybridized carbons (Fsp3) is 0.267. The quantitative estimate of drug-likeness (QED) is 0.751. The van der Waals surface area contributed by atoms with E-state index >= 15 is 0 Å². The molecule has 1 atom stereocenters. The smallest absolute Gasteiger partial charge is 0.169 e. The third kappa shape index (κ3) is 2.70. The van der Waals surface area contributed by atoms with Crippen LogP contribution in [-0.2, 0) is 4.79 Å². The van der Waals surface area contributed by atoms with Crippen LogP contribution >= 0.6 is 11.8 Å². The predicted molar refractivity (Wildman–Crippen MR) is 73.2 cm³/mol. The van der Waals surface area contributed by atoms with Gasteiger partial charge in [0.05, 0.1) is 5.41 Å². The third-order valence-corrected chi connectivity index (χ3v) is 4.32. The van der Waals surface area contributed by atoms with Gasteiger partial charge in [0.15, 0.2) is 5.78 Å². The highest BCUT2D eigenvalue weighted by Gasteiger charge is 2.32. The van der Waals surface area contributed by atoms with Crippen LogP contribution in [0.15, 0.2) is 59.0 Å². The van der Waals surface area contributed by atoms with E-state index < -0.39 is 0 Å². The molecule has 0 fully saturated rings. The average Bonchev–Trinajstić information content (AvgIpc) is 2.35. The van der Waals surface area contributed by atoms with Crippen LogP contribution in [0.1, 0.15) is 13.8 Å². The molecule has 88 valence electrons. The van der Waals surface area contributed by atoms with Gasteiger partial charge in [0.2, 0.25) is 0 Å². The first-order valence-electron chi connectivity index (χ1n) is 5.71. The molecule has 0 amide bonds. The molecule has 1 aliphatic rings. The minimum atomic E-state index is -0.362. The van der Waals surface area contributed by atoms with Crippen molar-refractivity contribution < 1.29 is 4.79 Å². The second-order valence-electron chi connectivity index (χ2n) is 4.56. The molecule has 2 rings (SSSR count). The van der Waals surface area contributed by atoms with Crippen LogP contribution < -0.4 is 0 Å². The number of carbonyl (C=O) groups is 1. The average molecular weight is 244 g/mol. The summed E-state index contributed by atoms with van der Waals surface area (Å²) >= 11 is 1.73. The fourth-order valence-corrected chi connectivity index (χ4v) is 2.91. The molecule has 0 aliphatic heterocycles. The molecular weight excluding hydrogens is 228 g/mol. The molecule has 1 aromatic rings. The topological polar surface area (TPSA) is 17.1 Å². The molecule has 17 heavy (non-hydrogen) atoms. The van der Waals surface area contributed by atoms with Gasteiger partial charge in [-0.05, 0) is 31.6 Å². The number of hydrogen-bond acceptors (Lipinski definition) is 2. The largest absolute Gasteiger partial charge is 0.294 e. The second-order valence-corrected chi connectivity index (χ2v) is 5.61. The Balaban J connectivity index is 2.07. The summed E-state index contributed by atoms with van der Waals surface area (Å²) in [5, 5.41) is 0. The second kappa shape index (κ2) is 4.92. The van der Waals surface area contributed by atoms with Crippen molar-refractivity contribution in [1.82, 2.24) is 0 Å². The first-order chi connectivity index (χ1) is 8.12. The maximum atomic E-state index is 12.1. The van der Waals surface area contributed by atoms with Crippen molar-refractivity contribution in [2.75, 3.05) is 5.75 Å². The van der Waals surface area contributed by atoms with Gasteiger partial charge in [0.25, 0.3) is 0 Å². The number of carbonyl (C=O) groups excluding carboxylic acids is 1. The van der Waals surface area contributed by atoms with Crippen molar-refractivity contribution in [2.24, 2.45) is 5.41 Å². The van der Waals surface area contributed by atoms with E-state index in [9.17, 15) is 4.79 Å². The van der Waals surface area contributed by atoms with Crippen LogP contribution in [0.2, 0.25) is 0 Å². The van der Waals surface area contributed by atoms with Gasteiger partial charge in [-0.15, -0.1) is 11.8 Å². The summed E-state index contributed by atoms with van der Waals surface area (Å²) in [5.74, 6) is 1.03. The van der Waals surface area contributed by atoms with E-state index in [1.807, 2.05) is 50.3 Å². The van der Waals surface area contributed by atoms with Gasteiger partial charge >= 0.3 is 0 Å². The zero-order valence-corrected chi connectivity index (χ0v) is 11.0. The Hall–Kier alpha value is -1.28. The molecule has 0 bridgehead atoms. The van der Waals surface area contributed by atoms with E-state index in [1.54, 1.807) is 11.8 Å². The summed E-state index contributed by atoms with van der Waals surface area (Å²) in [6.07, 6.45) is 5.89. The van der Waals surface area contributed by atoms with Gasteiger partial charge in [0, 0.05) is 10.6 Å². The summed E-state index contributed by atoms with van der Waals surface area (Å²) in [4.78, 5) is 13.3. The Kier molecular flexibility index (Phi) is 3.53. The van der Waals surface area contributed by atoms with E-state index in [0.717, 1.165) is 11.3 Å². The van der Waals surface area contributed by atoms with Crippen molar-refractivity contribution >= 4 is 17.5 Å². The Bertz CT molecular complexity index is 473. The highest BCUT2D eigenvalue weighted by Crippen LogP contribution is 2.33. The number of ketones is 1. The third-order valence-electron chi connectivity index (χ3n) is 2.97. The molecular formula is C15H16OS. The standard InChI is InChI=1S/C15H16OS/c1-12-7-6-10-15(2,14(12)16)11-17-13-8-4-3-5-9-13/h3-10H,11H2,1-2H3. The van der Waals surface area contributed by atoms with Gasteiger partial charge in [-0.1, -0.05) is 36.4 Å². The van der Waals surface area contributed by atoms with Gasteiger partial charge in [-0.2, -0.15) is 0 Å². The molecule has 0 heterocycles. The zero-order valence-electron chi connectivity index (χ0n) is 10.1. The lowest BCUT2D eigenvalue weighted by atomic mass is 9.81. The van der Waals surface area contributed by atoms with E-state index in [1.165, 1.54) is 4.90 Å². The summed E-state index contributed by atoms with van der Waals surface area (Å²) in [6.45, 7) is 3.90. The first-order valence-corrected chi connectivity index (χ1v) is 6.69. The van der Waals surface area contributed by atoms with Crippen molar-refractivity contribution in [1.29, 1.82) is 0 Å². The predicted octanol–water partition coefficient (Wildman–Crippen LogP) is 3.87. The molecule has 1 nitrogen and oxygen atoms in total. The molecule has 0 N–H and O–H groups in total. The first kappa shape index (κ1) is 12.2. The number of allylic oxidation sites excluding steroid dienone is 4. The molecule has 1 unspecified atom stereocenters. The number of Topliss-reactive ketones (excluding diaryl/α,β-unsaturated/α-hetero) is 1. The van der Waals surface area contributed by atoms with Crippen LogP contribution in [-0.4, -0.2) is 11.5 Å². The maximum absolute atomic E-state index is 12.1. The lowest BCUT2D eigenvalue weighted by Gasteiger charge is -2.26. The van der Waals surface area contributed by atoms with Crippen molar-refractivity contribution in [2.45, 2.75) is 18.7 Å². The number of rotatable bonds is 3. The number of hydrogen-bond donors (Lipinski definition) is 0.